The zero-order valence-corrected chi connectivity index (χ0v) is 17.0. The molecule has 9 heteroatoms. The first-order valence-electron chi connectivity index (χ1n) is 9.12. The van der Waals surface area contributed by atoms with E-state index in [0.717, 1.165) is 28.1 Å². The van der Waals surface area contributed by atoms with Gasteiger partial charge in [-0.3, -0.25) is 0 Å². The van der Waals surface area contributed by atoms with Crippen LogP contribution < -0.4 is 9.64 Å². The molecule has 0 spiro atoms. The highest BCUT2D eigenvalue weighted by atomic mass is 79.9. The third-order valence-electron chi connectivity index (χ3n) is 4.90. The Morgan fingerprint density at radius 1 is 1.10 bits per heavy atom. The average Bonchev–Trinajstić information content (AvgIpc) is 3.16. The molecule has 5 rings (SSSR count). The van der Waals surface area contributed by atoms with E-state index in [4.69, 9.17) is 4.74 Å². The first-order chi connectivity index (χ1) is 14.4. The van der Waals surface area contributed by atoms with Crippen LogP contribution in [0.4, 0.5) is 24.7 Å². The maximum atomic E-state index is 13.0. The summed E-state index contributed by atoms with van der Waals surface area (Å²) in [5.41, 5.74) is 1.56. The molecule has 0 aliphatic carbocycles. The summed E-state index contributed by atoms with van der Waals surface area (Å²) in [4.78, 5) is 14.0. The molecular weight excluding hydrogens is 461 g/mol. The van der Waals surface area contributed by atoms with E-state index in [2.05, 4.69) is 30.9 Å². The van der Waals surface area contributed by atoms with Crippen LogP contribution in [0.2, 0.25) is 0 Å². The molecule has 1 N–H and O–H groups in total. The number of fused-ring (bicyclic) bond motifs is 2. The lowest BCUT2D eigenvalue weighted by Gasteiger charge is -2.31. The van der Waals surface area contributed by atoms with Crippen molar-refractivity contribution in [3.8, 4) is 17.1 Å². The largest absolute Gasteiger partial charge is 0.489 e. The highest BCUT2D eigenvalue weighted by molar-refractivity contribution is 9.10. The zero-order chi connectivity index (χ0) is 20.9. The summed E-state index contributed by atoms with van der Waals surface area (Å²) in [6.07, 6.45) is -2.68. The Morgan fingerprint density at radius 2 is 1.97 bits per heavy atom. The average molecular weight is 475 g/mol. The monoisotopic (exact) mass is 474 g/mol. The normalized spacial score (nSPS) is 13.9. The van der Waals surface area contributed by atoms with Gasteiger partial charge in [0, 0.05) is 10.7 Å². The quantitative estimate of drug-likeness (QED) is 0.390. The van der Waals surface area contributed by atoms with Gasteiger partial charge < -0.3 is 14.6 Å². The van der Waals surface area contributed by atoms with Gasteiger partial charge in [-0.05, 0) is 58.4 Å². The molecule has 2 aromatic carbocycles. The van der Waals surface area contributed by atoms with Crippen LogP contribution in [0, 0.1) is 0 Å². The Labute approximate surface area is 177 Å². The number of nitrogens with zero attached hydrogens (tertiary/aromatic N) is 3. The predicted molar refractivity (Wildman–Crippen MR) is 111 cm³/mol. The number of rotatable bonds is 2. The van der Waals surface area contributed by atoms with Gasteiger partial charge >= 0.3 is 6.18 Å². The molecule has 0 amide bonds. The SMILES string of the molecule is FC(F)(F)c1ccc2nc(-c3cccc4c3OCCN4c3ccc(Br)cn3)[nH]c2c1. The number of anilines is 2. The number of benzene rings is 2. The van der Waals surface area contributed by atoms with Crippen LogP contribution in [0.3, 0.4) is 0 Å². The molecule has 4 aromatic rings. The molecule has 1 aliphatic rings. The van der Waals surface area contributed by atoms with Crippen LogP contribution in [0.25, 0.3) is 22.4 Å². The van der Waals surface area contributed by atoms with E-state index in [-0.39, 0.29) is 0 Å². The summed E-state index contributed by atoms with van der Waals surface area (Å²) >= 11 is 3.39. The first kappa shape index (κ1) is 18.9. The highest BCUT2D eigenvalue weighted by Gasteiger charge is 2.31. The van der Waals surface area contributed by atoms with Crippen molar-refractivity contribution in [3.63, 3.8) is 0 Å². The third-order valence-corrected chi connectivity index (χ3v) is 5.37. The molecule has 0 atom stereocenters. The predicted octanol–water partition coefficient (Wildman–Crippen LogP) is 5.94. The molecule has 1 aliphatic heterocycles. The molecule has 0 unspecified atom stereocenters. The molecule has 2 aromatic heterocycles. The fourth-order valence-corrected chi connectivity index (χ4v) is 3.75. The smallest absolute Gasteiger partial charge is 0.416 e. The molecule has 152 valence electrons. The van der Waals surface area contributed by atoms with Gasteiger partial charge in [0.2, 0.25) is 0 Å². The van der Waals surface area contributed by atoms with Crippen molar-refractivity contribution < 1.29 is 17.9 Å². The summed E-state index contributed by atoms with van der Waals surface area (Å²) in [6, 6.07) is 12.9. The molecule has 30 heavy (non-hydrogen) atoms. The van der Waals surface area contributed by atoms with Gasteiger partial charge in [0.25, 0.3) is 0 Å². The van der Waals surface area contributed by atoms with Crippen LogP contribution in [-0.2, 0) is 6.18 Å². The van der Waals surface area contributed by atoms with Crippen LogP contribution in [0.1, 0.15) is 5.56 Å². The summed E-state index contributed by atoms with van der Waals surface area (Å²) in [5, 5.41) is 0. The van der Waals surface area contributed by atoms with Gasteiger partial charge in [-0.2, -0.15) is 13.2 Å². The third kappa shape index (κ3) is 3.28. The number of halogens is 4. The van der Waals surface area contributed by atoms with Gasteiger partial charge in [0.05, 0.1) is 34.4 Å². The fraction of sp³-hybridized carbons (Fsp3) is 0.143. The number of ether oxygens (including phenoxy) is 1. The number of alkyl halides is 3. The van der Waals surface area contributed by atoms with Crippen molar-refractivity contribution in [1.82, 2.24) is 15.0 Å². The highest BCUT2D eigenvalue weighted by Crippen LogP contribution is 2.42. The van der Waals surface area contributed by atoms with Gasteiger partial charge in [-0.15, -0.1) is 0 Å². The van der Waals surface area contributed by atoms with Crippen molar-refractivity contribution >= 4 is 38.5 Å². The standard InChI is InChI=1S/C21H14BrF3N4O/c22-13-5-7-18(26-11-13)29-8-9-30-19-14(2-1-3-17(19)29)20-27-15-6-4-12(21(23,24)25)10-16(15)28-20/h1-7,10-11H,8-9H2,(H,27,28). The Hall–Kier alpha value is -3.07. The van der Waals surface area contributed by atoms with Gasteiger partial charge in [0.1, 0.15) is 18.2 Å². The second-order valence-electron chi connectivity index (χ2n) is 6.80. The summed E-state index contributed by atoms with van der Waals surface area (Å²) in [6.45, 7) is 1.07. The van der Waals surface area contributed by atoms with E-state index in [1.54, 1.807) is 6.20 Å². The lowest BCUT2D eigenvalue weighted by Crippen LogP contribution is -2.29. The number of aromatic amines is 1. The zero-order valence-electron chi connectivity index (χ0n) is 15.4. The van der Waals surface area contributed by atoms with Crippen molar-refractivity contribution in [1.29, 1.82) is 0 Å². The maximum absolute atomic E-state index is 13.0. The van der Waals surface area contributed by atoms with E-state index in [1.807, 2.05) is 35.2 Å². The second kappa shape index (κ2) is 7.02. The molecule has 0 radical (unpaired) electrons. The number of imidazole rings is 1. The fourth-order valence-electron chi connectivity index (χ4n) is 3.51. The summed E-state index contributed by atoms with van der Waals surface area (Å²) in [5.74, 6) is 1.84. The maximum Gasteiger partial charge on any atom is 0.416 e. The minimum Gasteiger partial charge on any atom is -0.489 e. The number of hydrogen-bond donors (Lipinski definition) is 1. The number of H-pyrrole nitrogens is 1. The molecule has 0 saturated heterocycles. The van der Waals surface area contributed by atoms with Crippen molar-refractivity contribution in [2.45, 2.75) is 6.18 Å². The van der Waals surface area contributed by atoms with Crippen molar-refractivity contribution in [3.05, 3.63) is 64.8 Å². The van der Waals surface area contributed by atoms with E-state index in [9.17, 15) is 13.2 Å². The van der Waals surface area contributed by atoms with Crippen molar-refractivity contribution in [2.24, 2.45) is 0 Å². The Kier molecular flexibility index (Phi) is 4.43. The number of nitrogens with one attached hydrogen (secondary N) is 1. The van der Waals surface area contributed by atoms with Crippen LogP contribution in [-0.4, -0.2) is 28.1 Å². The topological polar surface area (TPSA) is 54.0 Å². The molecule has 3 heterocycles. The molecule has 0 saturated carbocycles. The lowest BCUT2D eigenvalue weighted by molar-refractivity contribution is -0.137. The molecule has 0 fully saturated rings. The number of pyridine rings is 1. The van der Waals surface area contributed by atoms with E-state index in [1.165, 1.54) is 6.07 Å². The van der Waals surface area contributed by atoms with Gasteiger partial charge in [-0.1, -0.05) is 6.07 Å². The molecule has 0 bridgehead atoms. The summed E-state index contributed by atoms with van der Waals surface area (Å²) in [7, 11) is 0. The van der Waals surface area contributed by atoms with Gasteiger partial charge in [-0.25, -0.2) is 9.97 Å². The van der Waals surface area contributed by atoms with Crippen molar-refractivity contribution in [2.75, 3.05) is 18.1 Å². The van der Waals surface area contributed by atoms with Crippen LogP contribution >= 0.6 is 15.9 Å². The second-order valence-corrected chi connectivity index (χ2v) is 7.72. The minimum absolute atomic E-state index is 0.319. The Bertz CT molecular complexity index is 1240. The molecule has 5 nitrogen and oxygen atoms in total. The first-order valence-corrected chi connectivity index (χ1v) is 9.92. The van der Waals surface area contributed by atoms with Gasteiger partial charge in [0.15, 0.2) is 5.75 Å². The number of para-hydroxylation sites is 1. The van der Waals surface area contributed by atoms with Crippen LogP contribution in [0.5, 0.6) is 5.75 Å². The number of aromatic nitrogens is 3. The van der Waals surface area contributed by atoms with E-state index < -0.39 is 11.7 Å². The number of hydrogen-bond acceptors (Lipinski definition) is 4. The van der Waals surface area contributed by atoms with E-state index in [0.29, 0.717) is 41.3 Å². The molecular formula is C21H14BrF3N4O. The Morgan fingerprint density at radius 3 is 2.73 bits per heavy atom. The summed E-state index contributed by atoms with van der Waals surface area (Å²) < 4.78 is 45.9. The minimum atomic E-state index is -4.41. The lowest BCUT2D eigenvalue weighted by atomic mass is 10.1. The van der Waals surface area contributed by atoms with E-state index >= 15 is 0 Å². The Balaban J connectivity index is 1.59. The van der Waals surface area contributed by atoms with Crippen LogP contribution in [0.15, 0.2) is 59.2 Å².